The van der Waals surface area contributed by atoms with Crippen LogP contribution in [0.3, 0.4) is 0 Å². The number of hydrogen-bond acceptors (Lipinski definition) is 3. The summed E-state index contributed by atoms with van der Waals surface area (Å²) in [4.78, 5) is 5.29. The lowest BCUT2D eigenvalue weighted by Crippen LogP contribution is -2.61. The Hall–Kier alpha value is -0.120. The molecule has 0 radical (unpaired) electrons. The van der Waals surface area contributed by atoms with E-state index in [1.165, 1.54) is 25.9 Å². The van der Waals surface area contributed by atoms with Crippen LogP contribution in [0.2, 0.25) is 0 Å². The van der Waals surface area contributed by atoms with E-state index in [-0.39, 0.29) is 0 Å². The van der Waals surface area contributed by atoms with E-state index in [0.717, 1.165) is 12.6 Å². The minimum absolute atomic E-state index is 0.441. The standard InChI is InChI=1S/C16H33N3/c1-7-17-15-14(8-9-16(15,4)5)19-10-12(2)18(6)13(3)11-19/h12-15,17H,7-11H2,1-6H3. The molecule has 0 amide bonds. The summed E-state index contributed by atoms with van der Waals surface area (Å²) in [5, 5.41) is 3.77. The molecule has 1 saturated carbocycles. The molecule has 1 heterocycles. The number of nitrogens with one attached hydrogen (secondary N) is 1. The quantitative estimate of drug-likeness (QED) is 0.845. The summed E-state index contributed by atoms with van der Waals surface area (Å²) in [5.41, 5.74) is 0.441. The van der Waals surface area contributed by atoms with Gasteiger partial charge in [0, 0.05) is 37.3 Å². The molecule has 1 aliphatic carbocycles. The van der Waals surface area contributed by atoms with Crippen molar-refractivity contribution < 1.29 is 0 Å². The zero-order valence-corrected chi connectivity index (χ0v) is 13.7. The van der Waals surface area contributed by atoms with Crippen LogP contribution in [-0.2, 0) is 0 Å². The molecular weight excluding hydrogens is 234 g/mol. The molecule has 0 aromatic carbocycles. The lowest BCUT2D eigenvalue weighted by atomic mass is 9.86. The SMILES string of the molecule is CCNC1C(N2CC(C)N(C)C(C)C2)CCC1(C)C. The second-order valence-electron chi connectivity index (χ2n) is 7.45. The second-order valence-corrected chi connectivity index (χ2v) is 7.45. The van der Waals surface area contributed by atoms with E-state index in [0.29, 0.717) is 23.5 Å². The van der Waals surface area contributed by atoms with Crippen LogP contribution < -0.4 is 5.32 Å². The van der Waals surface area contributed by atoms with Crippen LogP contribution in [0.4, 0.5) is 0 Å². The Bertz CT molecular complexity index is 290. The first kappa shape index (κ1) is 15.3. The van der Waals surface area contributed by atoms with Crippen LogP contribution in [0.1, 0.15) is 47.5 Å². The van der Waals surface area contributed by atoms with Crippen LogP contribution in [0, 0.1) is 5.41 Å². The van der Waals surface area contributed by atoms with Crippen molar-refractivity contribution in [3.05, 3.63) is 0 Å². The van der Waals surface area contributed by atoms with Gasteiger partial charge in [0.25, 0.3) is 0 Å². The normalized spacial score (nSPS) is 40.7. The summed E-state index contributed by atoms with van der Waals surface area (Å²) in [6, 6.07) is 2.73. The van der Waals surface area contributed by atoms with E-state index >= 15 is 0 Å². The van der Waals surface area contributed by atoms with Crippen LogP contribution in [0.5, 0.6) is 0 Å². The van der Waals surface area contributed by atoms with E-state index in [2.05, 4.69) is 56.8 Å². The maximum atomic E-state index is 3.77. The number of nitrogens with zero attached hydrogens (tertiary/aromatic N) is 2. The highest BCUT2D eigenvalue weighted by Crippen LogP contribution is 2.40. The summed E-state index contributed by atoms with van der Waals surface area (Å²) in [5.74, 6) is 0. The average Bonchev–Trinajstić information content (AvgIpc) is 2.62. The molecule has 2 rings (SSSR count). The minimum atomic E-state index is 0.441. The average molecular weight is 267 g/mol. The molecule has 4 unspecified atom stereocenters. The zero-order chi connectivity index (χ0) is 14.2. The van der Waals surface area contributed by atoms with E-state index in [1.54, 1.807) is 0 Å². The van der Waals surface area contributed by atoms with Gasteiger partial charge in [-0.05, 0) is 45.7 Å². The Balaban J connectivity index is 2.08. The predicted molar refractivity (Wildman–Crippen MR) is 82.5 cm³/mol. The van der Waals surface area contributed by atoms with Crippen molar-refractivity contribution >= 4 is 0 Å². The smallest absolute Gasteiger partial charge is 0.0274 e. The van der Waals surface area contributed by atoms with E-state index in [9.17, 15) is 0 Å². The first-order valence-electron chi connectivity index (χ1n) is 8.06. The van der Waals surface area contributed by atoms with Crippen molar-refractivity contribution in [2.75, 3.05) is 26.7 Å². The summed E-state index contributed by atoms with van der Waals surface area (Å²) < 4.78 is 0. The third-order valence-electron chi connectivity index (χ3n) is 5.59. The van der Waals surface area contributed by atoms with Gasteiger partial charge < -0.3 is 5.32 Å². The fourth-order valence-electron chi connectivity index (χ4n) is 4.10. The Kier molecular flexibility index (Phi) is 4.59. The van der Waals surface area contributed by atoms with E-state index in [1.807, 2.05) is 0 Å². The molecular formula is C16H33N3. The monoisotopic (exact) mass is 267 g/mol. The highest BCUT2D eigenvalue weighted by Gasteiger charge is 2.45. The lowest BCUT2D eigenvalue weighted by Gasteiger charge is -2.47. The highest BCUT2D eigenvalue weighted by atomic mass is 15.3. The molecule has 2 fully saturated rings. The van der Waals surface area contributed by atoms with E-state index < -0.39 is 0 Å². The Morgan fingerprint density at radius 1 is 1.16 bits per heavy atom. The molecule has 0 bridgehead atoms. The van der Waals surface area contributed by atoms with Gasteiger partial charge >= 0.3 is 0 Å². The molecule has 1 saturated heterocycles. The molecule has 3 nitrogen and oxygen atoms in total. The van der Waals surface area contributed by atoms with Crippen LogP contribution in [-0.4, -0.2) is 60.6 Å². The van der Waals surface area contributed by atoms with E-state index in [4.69, 9.17) is 0 Å². The molecule has 0 aromatic rings. The number of hydrogen-bond donors (Lipinski definition) is 1. The first-order valence-corrected chi connectivity index (χ1v) is 8.06. The Labute approximate surface area is 119 Å². The fourth-order valence-corrected chi connectivity index (χ4v) is 4.10. The van der Waals surface area contributed by atoms with Gasteiger partial charge in [0.05, 0.1) is 0 Å². The van der Waals surface area contributed by atoms with Crippen molar-refractivity contribution in [2.24, 2.45) is 5.41 Å². The maximum Gasteiger partial charge on any atom is 0.0274 e. The molecule has 1 aliphatic heterocycles. The van der Waals surface area contributed by atoms with Gasteiger partial charge in [0.1, 0.15) is 0 Å². The van der Waals surface area contributed by atoms with Crippen molar-refractivity contribution in [1.82, 2.24) is 15.1 Å². The number of rotatable bonds is 3. The lowest BCUT2D eigenvalue weighted by molar-refractivity contribution is 0.0228. The third kappa shape index (κ3) is 2.98. The van der Waals surface area contributed by atoms with Gasteiger partial charge in [0.15, 0.2) is 0 Å². The summed E-state index contributed by atoms with van der Waals surface area (Å²) >= 11 is 0. The third-order valence-corrected chi connectivity index (χ3v) is 5.59. The highest BCUT2D eigenvalue weighted by molar-refractivity contribution is 5.02. The van der Waals surface area contributed by atoms with Gasteiger partial charge in [-0.2, -0.15) is 0 Å². The van der Waals surface area contributed by atoms with Gasteiger partial charge in [0.2, 0.25) is 0 Å². The van der Waals surface area contributed by atoms with Gasteiger partial charge in [-0.25, -0.2) is 0 Å². The van der Waals surface area contributed by atoms with Crippen molar-refractivity contribution in [2.45, 2.75) is 71.6 Å². The molecule has 3 heteroatoms. The van der Waals surface area contributed by atoms with Gasteiger partial charge in [-0.15, -0.1) is 0 Å². The predicted octanol–water partition coefficient (Wildman–Crippen LogP) is 2.18. The molecule has 1 N–H and O–H groups in total. The molecule has 0 aromatic heterocycles. The molecule has 0 spiro atoms. The molecule has 112 valence electrons. The van der Waals surface area contributed by atoms with Gasteiger partial charge in [-0.3, -0.25) is 9.80 Å². The van der Waals surface area contributed by atoms with Crippen LogP contribution in [0.25, 0.3) is 0 Å². The van der Waals surface area contributed by atoms with Crippen molar-refractivity contribution in [3.63, 3.8) is 0 Å². The largest absolute Gasteiger partial charge is 0.312 e. The second kappa shape index (κ2) is 5.71. The summed E-state index contributed by atoms with van der Waals surface area (Å²) in [6.07, 6.45) is 2.71. The summed E-state index contributed by atoms with van der Waals surface area (Å²) in [7, 11) is 2.27. The first-order chi connectivity index (χ1) is 8.86. The molecule has 4 atom stereocenters. The fraction of sp³-hybridized carbons (Fsp3) is 1.00. The van der Waals surface area contributed by atoms with Crippen molar-refractivity contribution in [3.8, 4) is 0 Å². The Morgan fingerprint density at radius 3 is 2.26 bits per heavy atom. The van der Waals surface area contributed by atoms with Gasteiger partial charge in [-0.1, -0.05) is 20.8 Å². The summed E-state index contributed by atoms with van der Waals surface area (Å²) in [6.45, 7) is 15.4. The number of piperazine rings is 1. The van der Waals surface area contributed by atoms with Crippen LogP contribution in [0.15, 0.2) is 0 Å². The molecule has 2 aliphatic rings. The topological polar surface area (TPSA) is 18.5 Å². The number of likely N-dealkylation sites (N-methyl/N-ethyl adjacent to an activating group) is 2. The zero-order valence-electron chi connectivity index (χ0n) is 13.7. The Morgan fingerprint density at radius 2 is 1.74 bits per heavy atom. The van der Waals surface area contributed by atoms with Crippen LogP contribution >= 0.6 is 0 Å². The maximum absolute atomic E-state index is 3.77. The minimum Gasteiger partial charge on any atom is -0.312 e. The molecule has 19 heavy (non-hydrogen) atoms. The van der Waals surface area contributed by atoms with Crippen molar-refractivity contribution in [1.29, 1.82) is 0 Å².